The van der Waals surface area contributed by atoms with Gasteiger partial charge in [0.25, 0.3) is 0 Å². The van der Waals surface area contributed by atoms with Gasteiger partial charge in [0.15, 0.2) is 0 Å². The zero-order valence-electron chi connectivity index (χ0n) is 7.25. The van der Waals surface area contributed by atoms with Crippen LogP contribution in [-0.2, 0) is 4.74 Å². The van der Waals surface area contributed by atoms with E-state index in [1.54, 1.807) is 4.90 Å². The van der Waals surface area contributed by atoms with E-state index >= 15 is 0 Å². The molecule has 0 aromatic carbocycles. The van der Waals surface area contributed by atoms with Gasteiger partial charge in [-0.1, -0.05) is 0 Å². The van der Waals surface area contributed by atoms with E-state index in [1.807, 2.05) is 6.92 Å². The lowest BCUT2D eigenvalue weighted by atomic mass is 10.1. The first kappa shape index (κ1) is 9.81. The van der Waals surface area contributed by atoms with Crippen LogP contribution in [0, 0.1) is 0 Å². The molecule has 4 heteroatoms. The molecule has 1 saturated heterocycles. The maximum absolute atomic E-state index is 10.8. The third-order valence-electron chi connectivity index (χ3n) is 2.03. The lowest BCUT2D eigenvalue weighted by molar-refractivity contribution is 0.0194. The third-order valence-corrected chi connectivity index (χ3v) is 2.27. The van der Waals surface area contributed by atoms with E-state index in [0.29, 0.717) is 13.2 Å². The van der Waals surface area contributed by atoms with Crippen LogP contribution in [0.4, 0.5) is 4.79 Å². The summed E-state index contributed by atoms with van der Waals surface area (Å²) in [7, 11) is 0. The van der Waals surface area contributed by atoms with Crippen molar-refractivity contribution in [3.8, 4) is 0 Å². The number of carbonyl (C=O) groups excluding carboxylic acids is 1. The van der Waals surface area contributed by atoms with Crippen LogP contribution in [0.3, 0.4) is 0 Å². The standard InChI is InChI=1S/C8H14ClNO2/c1-2-12-7-4-3-5-10(6-7)8(9)11/h7H,2-6H2,1H3. The van der Waals surface area contributed by atoms with Gasteiger partial charge in [-0.05, 0) is 31.4 Å². The Kier molecular flexibility index (Phi) is 3.82. The lowest BCUT2D eigenvalue weighted by Gasteiger charge is -2.30. The molecule has 0 spiro atoms. The Morgan fingerprint density at radius 3 is 3.08 bits per heavy atom. The van der Waals surface area contributed by atoms with Gasteiger partial charge >= 0.3 is 5.37 Å². The van der Waals surface area contributed by atoms with Gasteiger partial charge in [0, 0.05) is 19.7 Å². The number of rotatable bonds is 2. The summed E-state index contributed by atoms with van der Waals surface area (Å²) in [5, 5.41) is -0.362. The van der Waals surface area contributed by atoms with Crippen LogP contribution >= 0.6 is 11.6 Å². The number of carbonyl (C=O) groups is 1. The summed E-state index contributed by atoms with van der Waals surface area (Å²) in [6.07, 6.45) is 2.21. The monoisotopic (exact) mass is 191 g/mol. The predicted molar refractivity (Wildman–Crippen MR) is 47.5 cm³/mol. The first-order valence-corrected chi connectivity index (χ1v) is 4.68. The molecule has 0 bridgehead atoms. The fourth-order valence-electron chi connectivity index (χ4n) is 1.47. The molecule has 1 unspecified atom stereocenters. The molecule has 1 atom stereocenters. The smallest absolute Gasteiger partial charge is 0.316 e. The molecule has 3 nitrogen and oxygen atoms in total. The summed E-state index contributed by atoms with van der Waals surface area (Å²) in [6, 6.07) is 0. The molecule has 0 saturated carbocycles. The minimum Gasteiger partial charge on any atom is -0.377 e. The molecule has 0 radical (unpaired) electrons. The molecule has 1 rings (SSSR count). The highest BCUT2D eigenvalue weighted by molar-refractivity contribution is 6.62. The quantitative estimate of drug-likeness (QED) is 0.493. The Morgan fingerprint density at radius 1 is 1.75 bits per heavy atom. The topological polar surface area (TPSA) is 29.5 Å². The number of hydrogen-bond donors (Lipinski definition) is 0. The molecular formula is C8H14ClNO2. The summed E-state index contributed by atoms with van der Waals surface area (Å²) in [6.45, 7) is 4.08. The van der Waals surface area contributed by atoms with Crippen molar-refractivity contribution in [2.45, 2.75) is 25.9 Å². The number of amides is 1. The van der Waals surface area contributed by atoms with Gasteiger partial charge in [-0.25, -0.2) is 0 Å². The minimum absolute atomic E-state index is 0.187. The molecule has 1 aliphatic heterocycles. The Labute approximate surface area is 77.6 Å². The van der Waals surface area contributed by atoms with E-state index in [9.17, 15) is 4.79 Å². The van der Waals surface area contributed by atoms with E-state index in [0.717, 1.165) is 19.4 Å². The van der Waals surface area contributed by atoms with Gasteiger partial charge in [0.1, 0.15) is 0 Å². The van der Waals surface area contributed by atoms with Gasteiger partial charge in [-0.15, -0.1) is 0 Å². The van der Waals surface area contributed by atoms with Crippen molar-refractivity contribution in [3.05, 3.63) is 0 Å². The first-order chi connectivity index (χ1) is 5.74. The molecule has 1 heterocycles. The molecule has 0 aromatic heterocycles. The number of likely N-dealkylation sites (tertiary alicyclic amines) is 1. The van der Waals surface area contributed by atoms with Crippen molar-refractivity contribution in [3.63, 3.8) is 0 Å². The van der Waals surface area contributed by atoms with Gasteiger partial charge in [-0.2, -0.15) is 0 Å². The van der Waals surface area contributed by atoms with Gasteiger partial charge in [0.2, 0.25) is 0 Å². The average Bonchev–Trinajstić information content (AvgIpc) is 2.05. The number of ether oxygens (including phenoxy) is 1. The predicted octanol–water partition coefficient (Wildman–Crippen LogP) is 1.85. The summed E-state index contributed by atoms with van der Waals surface area (Å²) < 4.78 is 5.41. The SMILES string of the molecule is CCOC1CCCN(C(=O)Cl)C1. The van der Waals surface area contributed by atoms with E-state index in [4.69, 9.17) is 16.3 Å². The molecule has 1 amide bonds. The van der Waals surface area contributed by atoms with Crippen LogP contribution in [0.2, 0.25) is 0 Å². The third kappa shape index (κ3) is 2.64. The van der Waals surface area contributed by atoms with E-state index in [2.05, 4.69) is 0 Å². The van der Waals surface area contributed by atoms with Crippen molar-refractivity contribution >= 4 is 17.0 Å². The molecule has 70 valence electrons. The molecule has 1 fully saturated rings. The normalized spacial score (nSPS) is 24.2. The van der Waals surface area contributed by atoms with Crippen LogP contribution in [-0.4, -0.2) is 36.1 Å². The van der Waals surface area contributed by atoms with Crippen LogP contribution in [0.5, 0.6) is 0 Å². The van der Waals surface area contributed by atoms with Crippen molar-refractivity contribution in [2.24, 2.45) is 0 Å². The number of nitrogens with zero attached hydrogens (tertiary/aromatic N) is 1. The average molecular weight is 192 g/mol. The summed E-state index contributed by atoms with van der Waals surface area (Å²) >= 11 is 5.35. The van der Waals surface area contributed by atoms with Crippen molar-refractivity contribution in [1.29, 1.82) is 0 Å². The summed E-state index contributed by atoms with van der Waals surface area (Å²) in [4.78, 5) is 12.4. The highest BCUT2D eigenvalue weighted by Crippen LogP contribution is 2.14. The molecule has 0 aliphatic carbocycles. The lowest BCUT2D eigenvalue weighted by Crippen LogP contribution is -2.40. The van der Waals surface area contributed by atoms with Crippen LogP contribution < -0.4 is 0 Å². The van der Waals surface area contributed by atoms with Gasteiger partial charge in [0.05, 0.1) is 6.10 Å². The zero-order valence-corrected chi connectivity index (χ0v) is 8.01. The fraction of sp³-hybridized carbons (Fsp3) is 0.875. The molecule has 0 N–H and O–H groups in total. The molecule has 12 heavy (non-hydrogen) atoms. The van der Waals surface area contributed by atoms with Gasteiger partial charge < -0.3 is 9.64 Å². The fourth-order valence-corrected chi connectivity index (χ4v) is 1.62. The Morgan fingerprint density at radius 2 is 2.50 bits per heavy atom. The minimum atomic E-state index is -0.362. The second kappa shape index (κ2) is 4.67. The molecular weight excluding hydrogens is 178 g/mol. The summed E-state index contributed by atoms with van der Waals surface area (Å²) in [5.41, 5.74) is 0. The van der Waals surface area contributed by atoms with Crippen LogP contribution in [0.1, 0.15) is 19.8 Å². The van der Waals surface area contributed by atoms with E-state index in [1.165, 1.54) is 0 Å². The molecule has 1 aliphatic rings. The van der Waals surface area contributed by atoms with Crippen LogP contribution in [0.25, 0.3) is 0 Å². The zero-order chi connectivity index (χ0) is 8.97. The maximum atomic E-state index is 10.8. The Balaban J connectivity index is 2.35. The Bertz CT molecular complexity index is 161. The maximum Gasteiger partial charge on any atom is 0.316 e. The highest BCUT2D eigenvalue weighted by Gasteiger charge is 2.22. The second-order valence-electron chi connectivity index (χ2n) is 2.92. The number of halogens is 1. The number of hydrogen-bond acceptors (Lipinski definition) is 2. The first-order valence-electron chi connectivity index (χ1n) is 4.30. The van der Waals surface area contributed by atoms with Gasteiger partial charge in [-0.3, -0.25) is 4.79 Å². The van der Waals surface area contributed by atoms with E-state index in [-0.39, 0.29) is 11.5 Å². The molecule has 0 aromatic rings. The van der Waals surface area contributed by atoms with Crippen molar-refractivity contribution in [1.82, 2.24) is 4.90 Å². The van der Waals surface area contributed by atoms with Crippen LogP contribution in [0.15, 0.2) is 0 Å². The largest absolute Gasteiger partial charge is 0.377 e. The number of piperidine rings is 1. The van der Waals surface area contributed by atoms with E-state index < -0.39 is 0 Å². The Hall–Kier alpha value is -0.280. The highest BCUT2D eigenvalue weighted by atomic mass is 35.5. The van der Waals surface area contributed by atoms with Crippen molar-refractivity contribution < 1.29 is 9.53 Å². The summed E-state index contributed by atoms with van der Waals surface area (Å²) in [5.74, 6) is 0. The second-order valence-corrected chi connectivity index (χ2v) is 3.24. The van der Waals surface area contributed by atoms with Crippen molar-refractivity contribution in [2.75, 3.05) is 19.7 Å².